The van der Waals surface area contributed by atoms with Crippen molar-refractivity contribution >= 4 is 5.69 Å². The molecule has 21 heavy (non-hydrogen) atoms. The predicted molar refractivity (Wildman–Crippen MR) is 87.2 cm³/mol. The van der Waals surface area contributed by atoms with E-state index in [0.717, 1.165) is 30.8 Å². The molecule has 1 aliphatic carbocycles. The lowest BCUT2D eigenvalue weighted by Crippen LogP contribution is -2.57. The van der Waals surface area contributed by atoms with Crippen molar-refractivity contribution in [3.8, 4) is 5.75 Å². The number of anilines is 1. The summed E-state index contributed by atoms with van der Waals surface area (Å²) in [5.74, 6) is 1.80. The molecule has 0 aromatic heterocycles. The third-order valence-corrected chi connectivity index (χ3v) is 5.06. The summed E-state index contributed by atoms with van der Waals surface area (Å²) in [6.07, 6.45) is 2.78. The van der Waals surface area contributed by atoms with Crippen LogP contribution < -0.4 is 15.0 Å². The van der Waals surface area contributed by atoms with Crippen molar-refractivity contribution in [3.63, 3.8) is 0 Å². The summed E-state index contributed by atoms with van der Waals surface area (Å²) in [7, 11) is 3.78. The molecule has 116 valence electrons. The van der Waals surface area contributed by atoms with Gasteiger partial charge in [-0.05, 0) is 56.6 Å². The molecule has 2 unspecified atom stereocenters. The predicted octanol–water partition coefficient (Wildman–Crippen LogP) is 1.82. The highest BCUT2D eigenvalue weighted by Gasteiger charge is 2.36. The van der Waals surface area contributed by atoms with Crippen LogP contribution in [0, 0.1) is 5.92 Å². The van der Waals surface area contributed by atoms with Crippen LogP contribution in [0.2, 0.25) is 0 Å². The average molecular weight is 289 g/mol. The van der Waals surface area contributed by atoms with Gasteiger partial charge in [0.05, 0.1) is 7.11 Å². The van der Waals surface area contributed by atoms with E-state index in [2.05, 4.69) is 46.4 Å². The fraction of sp³-hybridized carbons (Fsp3) is 0.647. The number of benzene rings is 1. The quantitative estimate of drug-likeness (QED) is 0.895. The average Bonchev–Trinajstić information content (AvgIpc) is 2.52. The summed E-state index contributed by atoms with van der Waals surface area (Å²) in [6.45, 7) is 5.82. The summed E-state index contributed by atoms with van der Waals surface area (Å²) in [4.78, 5) is 5.19. The third kappa shape index (κ3) is 3.16. The standard InChI is InChI=1S/C17H27N3O/c1-18-13-14-3-8-17(14)20-11-9-19(10-12-20)15-4-6-16(21-2)7-5-15/h4-7,14,17-18H,3,8-13H2,1-2H3. The minimum atomic E-state index is 0.815. The van der Waals surface area contributed by atoms with Gasteiger partial charge in [-0.2, -0.15) is 0 Å². The smallest absolute Gasteiger partial charge is 0.119 e. The zero-order valence-electron chi connectivity index (χ0n) is 13.2. The molecule has 1 aromatic rings. The van der Waals surface area contributed by atoms with Crippen molar-refractivity contribution in [1.29, 1.82) is 0 Å². The molecule has 2 atom stereocenters. The molecular weight excluding hydrogens is 262 g/mol. The maximum atomic E-state index is 5.23. The van der Waals surface area contributed by atoms with E-state index in [1.165, 1.54) is 38.2 Å². The van der Waals surface area contributed by atoms with E-state index < -0.39 is 0 Å². The summed E-state index contributed by atoms with van der Waals surface area (Å²) in [5.41, 5.74) is 1.32. The van der Waals surface area contributed by atoms with E-state index in [1.54, 1.807) is 7.11 Å². The van der Waals surface area contributed by atoms with Crippen LogP contribution >= 0.6 is 0 Å². The number of hydrogen-bond donors (Lipinski definition) is 1. The first kappa shape index (κ1) is 14.7. The summed E-state index contributed by atoms with van der Waals surface area (Å²) in [6, 6.07) is 9.26. The highest BCUT2D eigenvalue weighted by atomic mass is 16.5. The molecule has 1 N–H and O–H groups in total. The molecule has 4 heteroatoms. The van der Waals surface area contributed by atoms with Gasteiger partial charge in [0.25, 0.3) is 0 Å². The second-order valence-corrected chi connectivity index (χ2v) is 6.18. The van der Waals surface area contributed by atoms with Crippen LogP contribution in [0.1, 0.15) is 12.8 Å². The molecule has 1 aromatic carbocycles. The molecule has 0 amide bonds. The van der Waals surface area contributed by atoms with Crippen molar-refractivity contribution in [3.05, 3.63) is 24.3 Å². The lowest BCUT2D eigenvalue weighted by atomic mass is 9.78. The monoisotopic (exact) mass is 289 g/mol. The Balaban J connectivity index is 1.52. The second kappa shape index (κ2) is 6.67. The topological polar surface area (TPSA) is 27.7 Å². The minimum absolute atomic E-state index is 0.815. The van der Waals surface area contributed by atoms with Gasteiger partial charge in [-0.3, -0.25) is 4.90 Å². The van der Waals surface area contributed by atoms with Crippen molar-refractivity contribution in [2.45, 2.75) is 18.9 Å². The zero-order valence-corrected chi connectivity index (χ0v) is 13.2. The van der Waals surface area contributed by atoms with Gasteiger partial charge in [-0.15, -0.1) is 0 Å². The number of nitrogens with one attached hydrogen (secondary N) is 1. The molecule has 2 fully saturated rings. The minimum Gasteiger partial charge on any atom is -0.497 e. The molecule has 1 heterocycles. The molecular formula is C17H27N3O. The molecule has 0 spiro atoms. The largest absolute Gasteiger partial charge is 0.497 e. The van der Waals surface area contributed by atoms with E-state index in [0.29, 0.717) is 0 Å². The number of piperazine rings is 1. The molecule has 2 aliphatic rings. The van der Waals surface area contributed by atoms with Crippen molar-refractivity contribution < 1.29 is 4.74 Å². The van der Waals surface area contributed by atoms with Crippen LogP contribution in [0.5, 0.6) is 5.75 Å². The van der Waals surface area contributed by atoms with E-state index >= 15 is 0 Å². The van der Waals surface area contributed by atoms with E-state index in [9.17, 15) is 0 Å². The number of nitrogens with zero attached hydrogens (tertiary/aromatic N) is 2. The highest BCUT2D eigenvalue weighted by molar-refractivity contribution is 5.49. The number of methoxy groups -OCH3 is 1. The van der Waals surface area contributed by atoms with Crippen molar-refractivity contribution in [1.82, 2.24) is 10.2 Å². The normalized spacial score (nSPS) is 26.5. The maximum Gasteiger partial charge on any atom is 0.119 e. The Kier molecular flexibility index (Phi) is 4.66. The van der Waals surface area contributed by atoms with Crippen LogP contribution in [0.3, 0.4) is 0 Å². The second-order valence-electron chi connectivity index (χ2n) is 6.18. The molecule has 0 radical (unpaired) electrons. The Morgan fingerprint density at radius 1 is 1.10 bits per heavy atom. The van der Waals surface area contributed by atoms with E-state index in [-0.39, 0.29) is 0 Å². The Hall–Kier alpha value is -1.26. The van der Waals surface area contributed by atoms with Crippen LogP contribution in [0.15, 0.2) is 24.3 Å². The van der Waals surface area contributed by atoms with Crippen molar-refractivity contribution in [2.75, 3.05) is 51.8 Å². The molecule has 0 bridgehead atoms. The fourth-order valence-electron chi connectivity index (χ4n) is 3.64. The van der Waals surface area contributed by atoms with Gasteiger partial charge in [-0.25, -0.2) is 0 Å². The SMILES string of the molecule is CNCC1CCC1N1CCN(c2ccc(OC)cc2)CC1. The van der Waals surface area contributed by atoms with E-state index in [1.807, 2.05) is 0 Å². The first-order valence-electron chi connectivity index (χ1n) is 8.09. The fourth-order valence-corrected chi connectivity index (χ4v) is 3.64. The number of ether oxygens (including phenoxy) is 1. The molecule has 1 saturated heterocycles. The van der Waals surface area contributed by atoms with Gasteiger partial charge in [0.2, 0.25) is 0 Å². The Morgan fingerprint density at radius 2 is 1.81 bits per heavy atom. The lowest BCUT2D eigenvalue weighted by molar-refractivity contribution is 0.0583. The Morgan fingerprint density at radius 3 is 2.33 bits per heavy atom. The van der Waals surface area contributed by atoms with Crippen LogP contribution in [0.4, 0.5) is 5.69 Å². The van der Waals surface area contributed by atoms with Crippen LogP contribution in [-0.2, 0) is 0 Å². The first-order chi connectivity index (χ1) is 10.3. The maximum absolute atomic E-state index is 5.23. The summed E-state index contributed by atoms with van der Waals surface area (Å²) < 4.78 is 5.23. The zero-order chi connectivity index (χ0) is 14.7. The van der Waals surface area contributed by atoms with Gasteiger partial charge in [-0.1, -0.05) is 0 Å². The van der Waals surface area contributed by atoms with Gasteiger partial charge in [0, 0.05) is 37.9 Å². The lowest BCUT2D eigenvalue weighted by Gasteiger charge is -2.48. The number of rotatable bonds is 5. The molecule has 3 rings (SSSR count). The van der Waals surface area contributed by atoms with Crippen LogP contribution in [-0.4, -0.2) is 57.8 Å². The number of hydrogen-bond acceptors (Lipinski definition) is 4. The van der Waals surface area contributed by atoms with Gasteiger partial charge in [0.15, 0.2) is 0 Å². The van der Waals surface area contributed by atoms with Crippen LogP contribution in [0.25, 0.3) is 0 Å². The van der Waals surface area contributed by atoms with E-state index in [4.69, 9.17) is 4.74 Å². The Labute approximate surface area is 128 Å². The molecule has 4 nitrogen and oxygen atoms in total. The summed E-state index contributed by atoms with van der Waals surface area (Å²) in [5, 5.41) is 3.34. The third-order valence-electron chi connectivity index (χ3n) is 5.06. The van der Waals surface area contributed by atoms with Gasteiger partial charge < -0.3 is 15.0 Å². The van der Waals surface area contributed by atoms with Gasteiger partial charge in [0.1, 0.15) is 5.75 Å². The van der Waals surface area contributed by atoms with Crippen molar-refractivity contribution in [2.24, 2.45) is 5.92 Å². The molecule has 1 aliphatic heterocycles. The first-order valence-corrected chi connectivity index (χ1v) is 8.09. The van der Waals surface area contributed by atoms with Gasteiger partial charge >= 0.3 is 0 Å². The highest BCUT2D eigenvalue weighted by Crippen LogP contribution is 2.32. The summed E-state index contributed by atoms with van der Waals surface area (Å²) >= 11 is 0. The Bertz CT molecular complexity index is 440. The molecule has 1 saturated carbocycles.